The van der Waals surface area contributed by atoms with E-state index in [1.54, 1.807) is 0 Å². The van der Waals surface area contributed by atoms with E-state index in [1.807, 2.05) is 0 Å². The van der Waals surface area contributed by atoms with E-state index in [0.717, 1.165) is 0 Å². The van der Waals surface area contributed by atoms with Crippen LogP contribution in [0.25, 0.3) is 0 Å². The van der Waals surface area contributed by atoms with Crippen molar-refractivity contribution in [2.45, 2.75) is 22.6 Å². The van der Waals surface area contributed by atoms with Crippen molar-refractivity contribution in [3.8, 4) is 0 Å². The zero-order chi connectivity index (χ0) is 20.6. The molecule has 0 radical (unpaired) electrons. The fraction of sp³-hybridized carbons (Fsp3) is 0.222. The Kier molecular flexibility index (Phi) is 7.58. The number of hydrogen-bond acceptors (Lipinski definition) is 8. The molecule has 2 aromatic rings. The van der Waals surface area contributed by atoms with Crippen LogP contribution in [-0.4, -0.2) is 42.6 Å². The van der Waals surface area contributed by atoms with Gasteiger partial charge >= 0.3 is 0 Å². The summed E-state index contributed by atoms with van der Waals surface area (Å²) < 4.78 is 57.7. The van der Waals surface area contributed by atoms with Crippen LogP contribution in [0.4, 0.5) is 0 Å². The van der Waals surface area contributed by atoms with E-state index in [0.29, 0.717) is 23.7 Å². The smallest absolute Gasteiger partial charge is 0.296 e. The Morgan fingerprint density at radius 3 is 1.21 bits per heavy atom. The van der Waals surface area contributed by atoms with E-state index in [1.165, 1.54) is 48.5 Å². The summed E-state index contributed by atoms with van der Waals surface area (Å²) in [5, 5.41) is 0. The number of rotatable bonds is 11. The Bertz CT molecular complexity index is 923. The van der Waals surface area contributed by atoms with Crippen LogP contribution in [0.3, 0.4) is 0 Å². The fourth-order valence-electron chi connectivity index (χ4n) is 2.10. The third-order valence-corrected chi connectivity index (χ3v) is 6.28. The van der Waals surface area contributed by atoms with Gasteiger partial charge in [0.2, 0.25) is 0 Å². The summed E-state index contributed by atoms with van der Waals surface area (Å²) in [4.78, 5) is 21.0. The first kappa shape index (κ1) is 21.9. The predicted molar refractivity (Wildman–Crippen MR) is 99.2 cm³/mol. The van der Waals surface area contributed by atoms with Crippen LogP contribution in [0.5, 0.6) is 0 Å². The molecule has 2 rings (SSSR count). The van der Waals surface area contributed by atoms with Gasteiger partial charge in [0.05, 0.1) is 23.0 Å². The molecule has 0 aliphatic carbocycles. The van der Waals surface area contributed by atoms with E-state index < -0.39 is 20.2 Å². The van der Waals surface area contributed by atoms with Gasteiger partial charge in [-0.1, -0.05) is 24.3 Å². The molecule has 10 heteroatoms. The summed E-state index contributed by atoms with van der Waals surface area (Å²) in [5.74, 6) is 0. The van der Waals surface area contributed by atoms with Gasteiger partial charge in [-0.3, -0.25) is 18.0 Å². The molecule has 0 bridgehead atoms. The van der Waals surface area contributed by atoms with Crippen LogP contribution in [0, 0.1) is 0 Å². The largest absolute Gasteiger partial charge is 0.298 e. The molecule has 0 spiro atoms. The van der Waals surface area contributed by atoms with Crippen LogP contribution < -0.4 is 0 Å². The minimum atomic E-state index is -3.95. The van der Waals surface area contributed by atoms with Gasteiger partial charge in [-0.25, -0.2) is 0 Å². The second-order valence-corrected chi connectivity index (χ2v) is 8.86. The average Bonchev–Trinajstić information content (AvgIpc) is 2.70. The van der Waals surface area contributed by atoms with Gasteiger partial charge in [-0.2, -0.15) is 16.8 Å². The monoisotopic (exact) mass is 426 g/mol. The van der Waals surface area contributed by atoms with E-state index in [4.69, 9.17) is 8.37 Å². The molecule has 0 amide bonds. The van der Waals surface area contributed by atoms with Gasteiger partial charge in [0.25, 0.3) is 20.2 Å². The molecular formula is C18H18O8S2. The summed E-state index contributed by atoms with van der Waals surface area (Å²) in [6, 6.07) is 10.5. The zero-order valence-corrected chi connectivity index (χ0v) is 16.3. The lowest BCUT2D eigenvalue weighted by atomic mass is 10.2. The van der Waals surface area contributed by atoms with Crippen molar-refractivity contribution in [2.75, 3.05) is 13.2 Å². The second-order valence-electron chi connectivity index (χ2n) is 5.63. The highest BCUT2D eigenvalue weighted by Crippen LogP contribution is 2.15. The number of hydrogen-bond donors (Lipinski definition) is 0. The number of aldehydes is 2. The first-order valence-corrected chi connectivity index (χ1v) is 11.0. The molecule has 0 N–H and O–H groups in total. The van der Waals surface area contributed by atoms with Crippen molar-refractivity contribution in [3.63, 3.8) is 0 Å². The summed E-state index contributed by atoms with van der Waals surface area (Å²) in [5.41, 5.74) is 0.691. The minimum Gasteiger partial charge on any atom is -0.298 e. The molecule has 2 aromatic carbocycles. The van der Waals surface area contributed by atoms with Gasteiger partial charge < -0.3 is 0 Å². The van der Waals surface area contributed by atoms with Crippen LogP contribution >= 0.6 is 0 Å². The lowest BCUT2D eigenvalue weighted by Crippen LogP contribution is -2.10. The molecule has 0 aromatic heterocycles. The molecule has 0 aliphatic rings. The summed E-state index contributed by atoms with van der Waals surface area (Å²) in [7, 11) is -7.91. The maximum absolute atomic E-state index is 12.0. The SMILES string of the molecule is O=Cc1ccc(S(=O)(=O)OCCCCOS(=O)(=O)c2ccc(C=O)cc2)cc1. The van der Waals surface area contributed by atoms with Gasteiger partial charge in [-0.15, -0.1) is 0 Å². The lowest BCUT2D eigenvalue weighted by Gasteiger charge is -2.07. The maximum Gasteiger partial charge on any atom is 0.296 e. The van der Waals surface area contributed by atoms with Crippen LogP contribution in [0.1, 0.15) is 33.6 Å². The van der Waals surface area contributed by atoms with Crippen molar-refractivity contribution in [2.24, 2.45) is 0 Å². The molecule has 0 unspecified atom stereocenters. The molecular weight excluding hydrogens is 408 g/mol. The van der Waals surface area contributed by atoms with Crippen molar-refractivity contribution in [1.82, 2.24) is 0 Å². The van der Waals surface area contributed by atoms with Gasteiger partial charge in [-0.05, 0) is 37.1 Å². The highest BCUT2D eigenvalue weighted by Gasteiger charge is 2.16. The molecule has 28 heavy (non-hydrogen) atoms. The van der Waals surface area contributed by atoms with E-state index >= 15 is 0 Å². The van der Waals surface area contributed by atoms with Crippen molar-refractivity contribution in [3.05, 3.63) is 59.7 Å². The third kappa shape index (κ3) is 6.06. The maximum atomic E-state index is 12.0. The third-order valence-electron chi connectivity index (χ3n) is 3.63. The summed E-state index contributed by atoms with van der Waals surface area (Å²) in [6.45, 7) is -0.287. The average molecular weight is 426 g/mol. The zero-order valence-electron chi connectivity index (χ0n) is 14.7. The standard InChI is InChI=1S/C18H18O8S2/c19-13-15-3-7-17(8-4-15)27(21,22)25-11-1-2-12-26-28(23,24)18-9-5-16(14-20)6-10-18/h3-10,13-14H,1-2,11-12H2. The van der Waals surface area contributed by atoms with E-state index in [-0.39, 0.29) is 35.8 Å². The second kappa shape index (κ2) is 9.69. The van der Waals surface area contributed by atoms with Crippen molar-refractivity contribution >= 4 is 32.8 Å². The lowest BCUT2D eigenvalue weighted by molar-refractivity contribution is 0.111. The molecule has 0 atom stereocenters. The highest BCUT2D eigenvalue weighted by atomic mass is 32.2. The fourth-order valence-corrected chi connectivity index (χ4v) is 3.99. The molecule has 8 nitrogen and oxygen atoms in total. The van der Waals surface area contributed by atoms with Crippen molar-refractivity contribution < 1.29 is 34.8 Å². The topological polar surface area (TPSA) is 121 Å². The number of carbonyl (C=O) groups excluding carboxylic acids is 2. The molecule has 0 saturated heterocycles. The van der Waals surface area contributed by atoms with Crippen LogP contribution in [0.15, 0.2) is 58.3 Å². The Morgan fingerprint density at radius 1 is 0.607 bits per heavy atom. The predicted octanol–water partition coefficient (Wildman–Crippen LogP) is 2.20. The molecule has 0 heterocycles. The van der Waals surface area contributed by atoms with E-state index in [2.05, 4.69) is 0 Å². The molecule has 150 valence electrons. The number of carbonyl (C=O) groups is 2. The highest BCUT2D eigenvalue weighted by molar-refractivity contribution is 7.87. The van der Waals surface area contributed by atoms with Crippen molar-refractivity contribution in [1.29, 1.82) is 0 Å². The quantitative estimate of drug-likeness (QED) is 0.305. The first-order valence-electron chi connectivity index (χ1n) is 8.18. The van der Waals surface area contributed by atoms with Gasteiger partial charge in [0, 0.05) is 11.1 Å². The Balaban J connectivity index is 1.77. The summed E-state index contributed by atoms with van der Waals surface area (Å²) >= 11 is 0. The Hall–Kier alpha value is -2.40. The van der Waals surface area contributed by atoms with Crippen LogP contribution in [-0.2, 0) is 28.6 Å². The van der Waals surface area contributed by atoms with Gasteiger partial charge in [0.1, 0.15) is 12.6 Å². The molecule has 0 aliphatic heterocycles. The number of benzene rings is 2. The molecule has 0 fully saturated rings. The molecule has 0 saturated carbocycles. The number of unbranched alkanes of at least 4 members (excludes halogenated alkanes) is 1. The van der Waals surface area contributed by atoms with Gasteiger partial charge in [0.15, 0.2) is 0 Å². The minimum absolute atomic E-state index is 0.0734. The summed E-state index contributed by atoms with van der Waals surface area (Å²) in [6.07, 6.45) is 1.71. The Morgan fingerprint density at radius 2 is 0.929 bits per heavy atom. The first-order chi connectivity index (χ1) is 13.3. The van der Waals surface area contributed by atoms with E-state index in [9.17, 15) is 26.4 Å². The van der Waals surface area contributed by atoms with Crippen LogP contribution in [0.2, 0.25) is 0 Å². The Labute approximate surface area is 163 Å². The normalized spacial score (nSPS) is 11.9.